The average molecular weight is 226 g/mol. The molecule has 0 saturated heterocycles. The van der Waals surface area contributed by atoms with Crippen molar-refractivity contribution in [2.24, 2.45) is 0 Å². The number of anilines is 2. The molecule has 88 valence electrons. The van der Waals surface area contributed by atoms with Crippen LogP contribution < -0.4 is 10.6 Å². The zero-order valence-electron chi connectivity index (χ0n) is 10.3. The monoisotopic (exact) mass is 226 g/mol. The quantitative estimate of drug-likeness (QED) is 0.812. The Morgan fingerprint density at radius 3 is 2.12 bits per heavy atom. The van der Waals surface area contributed by atoms with E-state index in [0.717, 1.165) is 5.69 Å². The van der Waals surface area contributed by atoms with Gasteiger partial charge in [-0.1, -0.05) is 30.3 Å². The van der Waals surface area contributed by atoms with Gasteiger partial charge < -0.3 is 10.6 Å². The van der Waals surface area contributed by atoms with Gasteiger partial charge in [0, 0.05) is 18.4 Å². The molecule has 2 aromatic rings. The number of nitrogens with zero attached hydrogens (tertiary/aromatic N) is 1. The lowest BCUT2D eigenvalue weighted by molar-refractivity contribution is 0.740. The summed E-state index contributed by atoms with van der Waals surface area (Å²) < 4.78 is 0. The Morgan fingerprint density at radius 1 is 0.941 bits per heavy atom. The molecule has 0 fully saturated rings. The number of rotatable bonds is 3. The fourth-order valence-corrected chi connectivity index (χ4v) is 1.89. The first kappa shape index (κ1) is 11.5. The highest BCUT2D eigenvalue weighted by atomic mass is 15.1. The molecule has 0 heterocycles. The van der Waals surface area contributed by atoms with Crippen LogP contribution in [0.4, 0.5) is 11.4 Å². The first-order valence-corrected chi connectivity index (χ1v) is 5.82. The topological polar surface area (TPSA) is 29.3 Å². The summed E-state index contributed by atoms with van der Waals surface area (Å²) in [5, 5.41) is 0. The summed E-state index contributed by atoms with van der Waals surface area (Å²) in [6.07, 6.45) is 0. The molecule has 2 nitrogen and oxygen atoms in total. The van der Waals surface area contributed by atoms with Gasteiger partial charge in [-0.05, 0) is 36.8 Å². The van der Waals surface area contributed by atoms with Gasteiger partial charge in [-0.15, -0.1) is 0 Å². The van der Waals surface area contributed by atoms with Crippen molar-refractivity contribution < 1.29 is 0 Å². The Kier molecular flexibility index (Phi) is 3.33. The largest absolute Gasteiger partial charge is 0.399 e. The van der Waals surface area contributed by atoms with E-state index in [0.29, 0.717) is 6.04 Å². The van der Waals surface area contributed by atoms with Crippen LogP contribution in [0.1, 0.15) is 18.5 Å². The second-order valence-corrected chi connectivity index (χ2v) is 4.29. The highest BCUT2D eigenvalue weighted by molar-refractivity contribution is 5.53. The third-order valence-electron chi connectivity index (χ3n) is 3.16. The van der Waals surface area contributed by atoms with E-state index < -0.39 is 0 Å². The Labute approximate surface area is 103 Å². The molecule has 2 N–H and O–H groups in total. The first-order chi connectivity index (χ1) is 8.18. The van der Waals surface area contributed by atoms with E-state index in [2.05, 4.69) is 55.3 Å². The Morgan fingerprint density at radius 2 is 1.53 bits per heavy atom. The third kappa shape index (κ3) is 2.59. The summed E-state index contributed by atoms with van der Waals surface area (Å²) in [5.41, 5.74) is 8.98. The maximum Gasteiger partial charge on any atom is 0.0510 e. The van der Waals surface area contributed by atoms with Crippen LogP contribution >= 0.6 is 0 Å². The molecule has 0 bridgehead atoms. The number of hydrogen-bond acceptors (Lipinski definition) is 2. The van der Waals surface area contributed by atoms with Crippen molar-refractivity contribution in [3.05, 3.63) is 60.2 Å². The summed E-state index contributed by atoms with van der Waals surface area (Å²) in [6, 6.07) is 18.8. The molecule has 2 heteroatoms. The van der Waals surface area contributed by atoms with Gasteiger partial charge in [-0.3, -0.25) is 0 Å². The lowest BCUT2D eigenvalue weighted by atomic mass is 10.1. The molecule has 0 amide bonds. The van der Waals surface area contributed by atoms with Gasteiger partial charge >= 0.3 is 0 Å². The van der Waals surface area contributed by atoms with Crippen LogP contribution in [0.5, 0.6) is 0 Å². The molecule has 2 aromatic carbocycles. The second kappa shape index (κ2) is 4.91. The Hall–Kier alpha value is -1.96. The van der Waals surface area contributed by atoms with Crippen LogP contribution in [0.3, 0.4) is 0 Å². The molecule has 0 aliphatic heterocycles. The van der Waals surface area contributed by atoms with Gasteiger partial charge in [0.15, 0.2) is 0 Å². The minimum atomic E-state index is 0.347. The van der Waals surface area contributed by atoms with Gasteiger partial charge in [0.1, 0.15) is 0 Å². The summed E-state index contributed by atoms with van der Waals surface area (Å²) in [6.45, 7) is 2.20. The average Bonchev–Trinajstić information content (AvgIpc) is 2.39. The van der Waals surface area contributed by atoms with Crippen LogP contribution in [-0.4, -0.2) is 7.05 Å². The van der Waals surface area contributed by atoms with E-state index >= 15 is 0 Å². The van der Waals surface area contributed by atoms with Crippen molar-refractivity contribution in [2.45, 2.75) is 13.0 Å². The predicted molar refractivity (Wildman–Crippen MR) is 74.1 cm³/mol. The molecule has 1 unspecified atom stereocenters. The molecule has 0 radical (unpaired) electrons. The number of hydrogen-bond donors (Lipinski definition) is 1. The fraction of sp³-hybridized carbons (Fsp3) is 0.200. The van der Waals surface area contributed by atoms with Gasteiger partial charge in [0.25, 0.3) is 0 Å². The van der Waals surface area contributed by atoms with E-state index in [4.69, 9.17) is 5.73 Å². The minimum Gasteiger partial charge on any atom is -0.399 e. The molecule has 0 aromatic heterocycles. The van der Waals surface area contributed by atoms with Crippen LogP contribution in [0.2, 0.25) is 0 Å². The molecular weight excluding hydrogens is 208 g/mol. The van der Waals surface area contributed by atoms with E-state index in [9.17, 15) is 0 Å². The van der Waals surface area contributed by atoms with Crippen molar-refractivity contribution in [1.29, 1.82) is 0 Å². The minimum absolute atomic E-state index is 0.347. The SMILES string of the molecule is CC(c1ccccc1)N(C)c1ccc(N)cc1. The smallest absolute Gasteiger partial charge is 0.0510 e. The van der Waals surface area contributed by atoms with Crippen molar-refractivity contribution >= 4 is 11.4 Å². The molecule has 0 spiro atoms. The summed E-state index contributed by atoms with van der Waals surface area (Å²) >= 11 is 0. The molecule has 0 aliphatic carbocycles. The zero-order chi connectivity index (χ0) is 12.3. The highest BCUT2D eigenvalue weighted by Gasteiger charge is 2.11. The lowest BCUT2D eigenvalue weighted by Gasteiger charge is -2.27. The fourth-order valence-electron chi connectivity index (χ4n) is 1.89. The summed E-state index contributed by atoms with van der Waals surface area (Å²) in [5.74, 6) is 0. The molecule has 0 saturated carbocycles. The van der Waals surface area contributed by atoms with E-state index in [1.165, 1.54) is 11.3 Å². The summed E-state index contributed by atoms with van der Waals surface area (Å²) in [4.78, 5) is 2.24. The standard InChI is InChI=1S/C15H18N2/c1-12(13-6-4-3-5-7-13)17(2)15-10-8-14(16)9-11-15/h3-12H,16H2,1-2H3. The van der Waals surface area contributed by atoms with Crippen LogP contribution in [0.25, 0.3) is 0 Å². The zero-order valence-corrected chi connectivity index (χ0v) is 10.3. The Bertz CT molecular complexity index is 462. The van der Waals surface area contributed by atoms with Crippen molar-refractivity contribution in [3.63, 3.8) is 0 Å². The first-order valence-electron chi connectivity index (χ1n) is 5.82. The second-order valence-electron chi connectivity index (χ2n) is 4.29. The van der Waals surface area contributed by atoms with E-state index in [1.54, 1.807) is 0 Å². The summed E-state index contributed by atoms with van der Waals surface area (Å²) in [7, 11) is 2.10. The normalized spacial score (nSPS) is 12.1. The molecular formula is C15H18N2. The number of nitrogen functional groups attached to an aromatic ring is 1. The number of nitrogens with two attached hydrogens (primary N) is 1. The maximum atomic E-state index is 5.70. The lowest BCUT2D eigenvalue weighted by Crippen LogP contribution is -2.21. The van der Waals surface area contributed by atoms with E-state index in [1.807, 2.05) is 18.2 Å². The van der Waals surface area contributed by atoms with Crippen molar-refractivity contribution in [1.82, 2.24) is 0 Å². The molecule has 1 atom stereocenters. The van der Waals surface area contributed by atoms with Gasteiger partial charge in [-0.2, -0.15) is 0 Å². The maximum absolute atomic E-state index is 5.70. The third-order valence-corrected chi connectivity index (χ3v) is 3.16. The van der Waals surface area contributed by atoms with Gasteiger partial charge in [0.2, 0.25) is 0 Å². The van der Waals surface area contributed by atoms with E-state index in [-0.39, 0.29) is 0 Å². The van der Waals surface area contributed by atoms with Crippen molar-refractivity contribution in [3.8, 4) is 0 Å². The predicted octanol–water partition coefficient (Wildman–Crippen LogP) is 3.47. The van der Waals surface area contributed by atoms with Gasteiger partial charge in [-0.25, -0.2) is 0 Å². The van der Waals surface area contributed by atoms with Crippen LogP contribution in [0, 0.1) is 0 Å². The molecule has 0 aliphatic rings. The van der Waals surface area contributed by atoms with Crippen LogP contribution in [-0.2, 0) is 0 Å². The highest BCUT2D eigenvalue weighted by Crippen LogP contribution is 2.25. The van der Waals surface area contributed by atoms with Gasteiger partial charge in [0.05, 0.1) is 6.04 Å². The Balaban J connectivity index is 2.20. The van der Waals surface area contributed by atoms with Crippen molar-refractivity contribution in [2.75, 3.05) is 17.7 Å². The molecule has 17 heavy (non-hydrogen) atoms. The molecule has 2 rings (SSSR count). The number of benzene rings is 2. The van der Waals surface area contributed by atoms with Crippen LogP contribution in [0.15, 0.2) is 54.6 Å².